The molecule has 3 aromatic rings. The number of carbonyl (C=O) groups excluding carboxylic acids is 1. The van der Waals surface area contributed by atoms with Crippen LogP contribution in [0.3, 0.4) is 0 Å². The summed E-state index contributed by atoms with van der Waals surface area (Å²) in [7, 11) is 0. The van der Waals surface area contributed by atoms with E-state index in [0.717, 1.165) is 30.1 Å². The normalized spacial score (nSPS) is 14.0. The van der Waals surface area contributed by atoms with Gasteiger partial charge < -0.3 is 14.5 Å². The molecule has 0 unspecified atom stereocenters. The number of piperazine rings is 1. The van der Waals surface area contributed by atoms with Gasteiger partial charge in [0.15, 0.2) is 0 Å². The smallest absolute Gasteiger partial charge is 0.255 e. The standard InChI is InChI=1S/C23H23N3O2/c27-23(20-7-4-12-24-17-20)26-15-13-25(14-16-26)21-8-10-22(11-9-21)28-18-19-5-2-1-3-6-19/h1-12,17H,13-16,18H2. The van der Waals surface area contributed by atoms with E-state index in [0.29, 0.717) is 25.3 Å². The Morgan fingerprint density at radius 2 is 1.64 bits per heavy atom. The first kappa shape index (κ1) is 18.0. The van der Waals surface area contributed by atoms with Crippen molar-refractivity contribution < 1.29 is 9.53 Å². The molecule has 5 nitrogen and oxygen atoms in total. The Morgan fingerprint density at radius 3 is 2.32 bits per heavy atom. The molecule has 0 atom stereocenters. The molecule has 4 rings (SSSR count). The number of ether oxygens (including phenoxy) is 1. The second-order valence-electron chi connectivity index (χ2n) is 6.79. The number of anilines is 1. The number of nitrogens with zero attached hydrogens (tertiary/aromatic N) is 3. The van der Waals surface area contributed by atoms with Crippen molar-refractivity contribution in [2.24, 2.45) is 0 Å². The molecular weight excluding hydrogens is 350 g/mol. The molecule has 1 aromatic heterocycles. The predicted octanol–water partition coefficient (Wildman–Crippen LogP) is 3.62. The lowest BCUT2D eigenvalue weighted by Gasteiger charge is -2.36. The Labute approximate surface area is 165 Å². The van der Waals surface area contributed by atoms with E-state index in [4.69, 9.17) is 4.74 Å². The summed E-state index contributed by atoms with van der Waals surface area (Å²) in [5.74, 6) is 0.912. The van der Waals surface area contributed by atoms with Crippen molar-refractivity contribution >= 4 is 11.6 Å². The number of hydrogen-bond acceptors (Lipinski definition) is 4. The predicted molar refractivity (Wildman–Crippen MR) is 110 cm³/mol. The summed E-state index contributed by atoms with van der Waals surface area (Å²) in [5, 5.41) is 0. The number of pyridine rings is 1. The maximum atomic E-state index is 12.5. The van der Waals surface area contributed by atoms with Crippen molar-refractivity contribution in [2.45, 2.75) is 6.61 Å². The van der Waals surface area contributed by atoms with E-state index in [1.807, 2.05) is 41.3 Å². The first-order valence-corrected chi connectivity index (χ1v) is 9.51. The summed E-state index contributed by atoms with van der Waals surface area (Å²) in [6.07, 6.45) is 3.31. The minimum atomic E-state index is 0.0532. The fourth-order valence-corrected chi connectivity index (χ4v) is 3.33. The third-order valence-electron chi connectivity index (χ3n) is 4.93. The molecule has 0 N–H and O–H groups in total. The van der Waals surface area contributed by atoms with Crippen LogP contribution in [0.4, 0.5) is 5.69 Å². The molecule has 0 radical (unpaired) electrons. The van der Waals surface area contributed by atoms with E-state index >= 15 is 0 Å². The summed E-state index contributed by atoms with van der Waals surface area (Å²) >= 11 is 0. The molecule has 1 saturated heterocycles. The van der Waals surface area contributed by atoms with Crippen molar-refractivity contribution in [3.05, 3.63) is 90.3 Å². The first-order chi connectivity index (χ1) is 13.8. The van der Waals surface area contributed by atoms with E-state index in [1.54, 1.807) is 18.5 Å². The quantitative estimate of drug-likeness (QED) is 0.685. The average molecular weight is 373 g/mol. The van der Waals surface area contributed by atoms with Crippen LogP contribution >= 0.6 is 0 Å². The Hall–Kier alpha value is -3.34. The van der Waals surface area contributed by atoms with Crippen molar-refractivity contribution in [1.29, 1.82) is 0 Å². The monoisotopic (exact) mass is 373 g/mol. The Balaban J connectivity index is 1.30. The lowest BCUT2D eigenvalue weighted by atomic mass is 10.2. The number of carbonyl (C=O) groups is 1. The highest BCUT2D eigenvalue weighted by molar-refractivity contribution is 5.94. The summed E-state index contributed by atoms with van der Waals surface area (Å²) in [4.78, 5) is 20.8. The SMILES string of the molecule is O=C(c1cccnc1)N1CCN(c2ccc(OCc3ccccc3)cc2)CC1. The average Bonchev–Trinajstić information content (AvgIpc) is 2.79. The number of amides is 1. The lowest BCUT2D eigenvalue weighted by molar-refractivity contribution is 0.0746. The second-order valence-corrected chi connectivity index (χ2v) is 6.79. The molecule has 1 aliphatic heterocycles. The minimum absolute atomic E-state index is 0.0532. The molecule has 0 spiro atoms. The van der Waals surface area contributed by atoms with Gasteiger partial charge in [0, 0.05) is 44.3 Å². The molecule has 0 aliphatic carbocycles. The van der Waals surface area contributed by atoms with Gasteiger partial charge >= 0.3 is 0 Å². The van der Waals surface area contributed by atoms with Gasteiger partial charge in [0.1, 0.15) is 12.4 Å². The largest absolute Gasteiger partial charge is 0.489 e. The number of benzene rings is 2. The van der Waals surface area contributed by atoms with Crippen LogP contribution in [0.2, 0.25) is 0 Å². The summed E-state index contributed by atoms with van der Waals surface area (Å²) in [6.45, 7) is 3.61. The van der Waals surface area contributed by atoms with Gasteiger partial charge in [0.05, 0.1) is 5.56 Å². The van der Waals surface area contributed by atoms with Gasteiger partial charge in [-0.25, -0.2) is 0 Å². The summed E-state index contributed by atoms with van der Waals surface area (Å²) in [5.41, 5.74) is 2.96. The van der Waals surface area contributed by atoms with Crippen LogP contribution < -0.4 is 9.64 Å². The highest BCUT2D eigenvalue weighted by atomic mass is 16.5. The molecule has 2 aromatic carbocycles. The molecule has 1 amide bonds. The second kappa shape index (κ2) is 8.57. The fourth-order valence-electron chi connectivity index (χ4n) is 3.33. The highest BCUT2D eigenvalue weighted by Gasteiger charge is 2.22. The van der Waals surface area contributed by atoms with Crippen molar-refractivity contribution in [1.82, 2.24) is 9.88 Å². The summed E-state index contributed by atoms with van der Waals surface area (Å²) < 4.78 is 5.85. The number of hydrogen-bond donors (Lipinski definition) is 0. The molecule has 0 bridgehead atoms. The molecular formula is C23H23N3O2. The van der Waals surface area contributed by atoms with Crippen molar-refractivity contribution in [2.75, 3.05) is 31.1 Å². The van der Waals surface area contributed by atoms with Crippen LogP contribution in [0, 0.1) is 0 Å². The van der Waals surface area contributed by atoms with Gasteiger partial charge in [0.25, 0.3) is 5.91 Å². The fraction of sp³-hybridized carbons (Fsp3) is 0.217. The van der Waals surface area contributed by atoms with Gasteiger partial charge in [-0.05, 0) is 42.0 Å². The molecule has 142 valence electrons. The third-order valence-corrected chi connectivity index (χ3v) is 4.93. The highest BCUT2D eigenvalue weighted by Crippen LogP contribution is 2.22. The molecule has 5 heteroatoms. The Kier molecular flexibility index (Phi) is 5.52. The zero-order chi connectivity index (χ0) is 19.2. The maximum absolute atomic E-state index is 12.5. The zero-order valence-corrected chi connectivity index (χ0v) is 15.7. The van der Waals surface area contributed by atoms with Gasteiger partial charge in [0.2, 0.25) is 0 Å². The topological polar surface area (TPSA) is 45.7 Å². The molecule has 28 heavy (non-hydrogen) atoms. The Bertz CT molecular complexity index is 890. The van der Waals surface area contributed by atoms with Crippen LogP contribution in [0.25, 0.3) is 0 Å². The Morgan fingerprint density at radius 1 is 0.893 bits per heavy atom. The lowest BCUT2D eigenvalue weighted by Crippen LogP contribution is -2.48. The first-order valence-electron chi connectivity index (χ1n) is 9.51. The van der Waals surface area contributed by atoms with E-state index in [1.165, 1.54) is 0 Å². The molecule has 2 heterocycles. The van der Waals surface area contributed by atoms with E-state index in [9.17, 15) is 4.79 Å². The zero-order valence-electron chi connectivity index (χ0n) is 15.7. The number of aromatic nitrogens is 1. The van der Waals surface area contributed by atoms with E-state index in [-0.39, 0.29) is 5.91 Å². The van der Waals surface area contributed by atoms with E-state index in [2.05, 4.69) is 34.1 Å². The van der Waals surface area contributed by atoms with Crippen molar-refractivity contribution in [3.63, 3.8) is 0 Å². The van der Waals surface area contributed by atoms with E-state index < -0.39 is 0 Å². The minimum Gasteiger partial charge on any atom is -0.489 e. The van der Waals surface area contributed by atoms with Crippen molar-refractivity contribution in [3.8, 4) is 5.75 Å². The number of rotatable bonds is 5. The van der Waals surface area contributed by atoms with Crippen LogP contribution in [0.5, 0.6) is 5.75 Å². The molecule has 1 fully saturated rings. The van der Waals surface area contributed by atoms with Gasteiger partial charge in [-0.15, -0.1) is 0 Å². The third kappa shape index (κ3) is 4.31. The molecule has 0 saturated carbocycles. The van der Waals surface area contributed by atoms with Crippen LogP contribution in [-0.4, -0.2) is 42.0 Å². The van der Waals surface area contributed by atoms with Crippen LogP contribution in [-0.2, 0) is 6.61 Å². The van der Waals surface area contributed by atoms with Gasteiger partial charge in [-0.3, -0.25) is 9.78 Å². The van der Waals surface area contributed by atoms with Gasteiger partial charge in [-0.1, -0.05) is 30.3 Å². The maximum Gasteiger partial charge on any atom is 0.255 e. The van der Waals surface area contributed by atoms with Crippen LogP contribution in [0.1, 0.15) is 15.9 Å². The van der Waals surface area contributed by atoms with Gasteiger partial charge in [-0.2, -0.15) is 0 Å². The van der Waals surface area contributed by atoms with Crippen LogP contribution in [0.15, 0.2) is 79.1 Å². The summed E-state index contributed by atoms with van der Waals surface area (Å²) in [6, 6.07) is 21.9. The molecule has 1 aliphatic rings.